The molecule has 12 heteroatoms. The molecule has 0 saturated heterocycles. The van der Waals surface area contributed by atoms with Crippen LogP contribution in [0.25, 0.3) is 11.4 Å². The number of hydrogen-bond acceptors (Lipinski definition) is 8. The van der Waals surface area contributed by atoms with Crippen molar-refractivity contribution in [2.24, 2.45) is 5.92 Å². The Balaban J connectivity index is 1.42. The van der Waals surface area contributed by atoms with Crippen LogP contribution in [0.2, 0.25) is 0 Å². The minimum Gasteiger partial charge on any atom is -0.327 e. The SMILES string of the molecule is Cc1cc(C(F)(F)F)nc(N2Cc3sc(Cc4ccc(-c5nn[nH]n5)cc4C)nc3C2C(C)C)n1. The molecular formula is C23H23F3N8S. The third-order valence-electron chi connectivity index (χ3n) is 6.01. The summed E-state index contributed by atoms with van der Waals surface area (Å²) in [5, 5.41) is 15.1. The molecule has 182 valence electrons. The highest BCUT2D eigenvalue weighted by molar-refractivity contribution is 7.11. The largest absolute Gasteiger partial charge is 0.433 e. The number of halogens is 3. The van der Waals surface area contributed by atoms with Gasteiger partial charge in [0.15, 0.2) is 0 Å². The standard InChI is InChI=1S/C23H23F3N8S/c1-11(2)20-19-16(10-34(20)22-27-13(4)8-17(28-22)23(24,25)26)35-18(29-19)9-14-5-6-15(7-12(14)3)21-30-32-33-31-21/h5-8,11,20H,9-10H2,1-4H3,(H,30,31,32,33). The number of aromatic nitrogens is 7. The van der Waals surface area contributed by atoms with E-state index in [1.165, 1.54) is 0 Å². The lowest BCUT2D eigenvalue weighted by Gasteiger charge is -2.28. The minimum absolute atomic E-state index is 0.0932. The Morgan fingerprint density at radius 1 is 1.14 bits per heavy atom. The van der Waals surface area contributed by atoms with E-state index in [0.29, 0.717) is 18.8 Å². The van der Waals surface area contributed by atoms with Crippen LogP contribution in [-0.2, 0) is 19.1 Å². The molecule has 0 radical (unpaired) electrons. The number of thiazole rings is 1. The molecule has 0 spiro atoms. The summed E-state index contributed by atoms with van der Waals surface area (Å²) in [7, 11) is 0. The smallest absolute Gasteiger partial charge is 0.327 e. The topological polar surface area (TPSA) is 96.4 Å². The van der Waals surface area contributed by atoms with E-state index in [1.807, 2.05) is 43.9 Å². The number of alkyl halides is 3. The van der Waals surface area contributed by atoms with Crippen LogP contribution in [0, 0.1) is 19.8 Å². The Kier molecular flexibility index (Phi) is 5.78. The third-order valence-corrected chi connectivity index (χ3v) is 7.07. The number of tetrazole rings is 1. The van der Waals surface area contributed by atoms with Gasteiger partial charge in [-0.25, -0.2) is 15.0 Å². The van der Waals surface area contributed by atoms with Gasteiger partial charge in [0.1, 0.15) is 5.69 Å². The summed E-state index contributed by atoms with van der Waals surface area (Å²) in [6, 6.07) is 6.80. The maximum absolute atomic E-state index is 13.4. The second-order valence-electron chi connectivity index (χ2n) is 8.98. The first-order valence-electron chi connectivity index (χ1n) is 11.1. The minimum atomic E-state index is -4.52. The molecule has 4 aromatic rings. The fourth-order valence-electron chi connectivity index (χ4n) is 4.41. The summed E-state index contributed by atoms with van der Waals surface area (Å²) in [5.41, 5.74) is 3.38. The number of hydrogen-bond donors (Lipinski definition) is 1. The lowest BCUT2D eigenvalue weighted by molar-refractivity contribution is -0.141. The van der Waals surface area contributed by atoms with Crippen molar-refractivity contribution in [1.29, 1.82) is 0 Å². The highest BCUT2D eigenvalue weighted by Gasteiger charge is 2.39. The van der Waals surface area contributed by atoms with Gasteiger partial charge in [0.05, 0.1) is 23.3 Å². The molecule has 0 bridgehead atoms. The maximum Gasteiger partial charge on any atom is 0.433 e. The van der Waals surface area contributed by atoms with E-state index in [0.717, 1.165) is 38.3 Å². The summed E-state index contributed by atoms with van der Waals surface area (Å²) < 4.78 is 40.1. The molecule has 1 atom stereocenters. The van der Waals surface area contributed by atoms with E-state index in [2.05, 4.69) is 30.6 Å². The molecular weight excluding hydrogens is 477 g/mol. The van der Waals surface area contributed by atoms with Crippen molar-refractivity contribution in [2.45, 2.75) is 52.9 Å². The van der Waals surface area contributed by atoms with E-state index in [4.69, 9.17) is 4.98 Å². The molecule has 35 heavy (non-hydrogen) atoms. The number of nitrogens with one attached hydrogen (secondary N) is 1. The monoisotopic (exact) mass is 500 g/mol. The number of nitrogens with zero attached hydrogens (tertiary/aromatic N) is 7. The predicted molar refractivity (Wildman–Crippen MR) is 125 cm³/mol. The van der Waals surface area contributed by atoms with E-state index in [1.54, 1.807) is 18.3 Å². The molecule has 1 unspecified atom stereocenters. The first kappa shape index (κ1) is 23.3. The van der Waals surface area contributed by atoms with Gasteiger partial charge in [0.25, 0.3) is 0 Å². The number of fused-ring (bicyclic) bond motifs is 1. The molecule has 1 aromatic carbocycles. The van der Waals surface area contributed by atoms with E-state index in [9.17, 15) is 13.2 Å². The zero-order valence-electron chi connectivity index (χ0n) is 19.6. The van der Waals surface area contributed by atoms with E-state index >= 15 is 0 Å². The van der Waals surface area contributed by atoms with Crippen LogP contribution in [0.1, 0.15) is 58.0 Å². The molecule has 1 aliphatic rings. The summed E-state index contributed by atoms with van der Waals surface area (Å²) in [6.45, 7) is 8.10. The van der Waals surface area contributed by atoms with Crippen LogP contribution in [0.5, 0.6) is 0 Å². The predicted octanol–water partition coefficient (Wildman–Crippen LogP) is 5.06. The van der Waals surface area contributed by atoms with Crippen LogP contribution in [0.3, 0.4) is 0 Å². The Morgan fingerprint density at radius 3 is 2.60 bits per heavy atom. The highest BCUT2D eigenvalue weighted by Crippen LogP contribution is 2.43. The first-order chi connectivity index (χ1) is 16.6. The molecule has 3 aromatic heterocycles. The molecule has 4 heterocycles. The lowest BCUT2D eigenvalue weighted by Crippen LogP contribution is -2.29. The number of anilines is 1. The normalized spacial score (nSPS) is 15.8. The summed E-state index contributed by atoms with van der Waals surface area (Å²) in [6.07, 6.45) is -3.86. The lowest BCUT2D eigenvalue weighted by atomic mass is 10.0. The third kappa shape index (κ3) is 4.49. The highest BCUT2D eigenvalue weighted by atomic mass is 32.1. The fraction of sp³-hybridized carbons (Fsp3) is 0.391. The van der Waals surface area contributed by atoms with Gasteiger partial charge in [-0.2, -0.15) is 18.4 Å². The van der Waals surface area contributed by atoms with Gasteiger partial charge in [-0.05, 0) is 48.2 Å². The van der Waals surface area contributed by atoms with Crippen molar-refractivity contribution in [2.75, 3.05) is 4.90 Å². The van der Waals surface area contributed by atoms with Crippen LogP contribution in [-0.4, -0.2) is 35.6 Å². The quantitative estimate of drug-likeness (QED) is 0.409. The van der Waals surface area contributed by atoms with Crippen molar-refractivity contribution in [3.8, 4) is 11.4 Å². The average molecular weight is 501 g/mol. The molecule has 0 saturated carbocycles. The molecule has 0 amide bonds. The number of benzene rings is 1. The molecule has 0 fully saturated rings. The second kappa shape index (κ2) is 8.67. The van der Waals surface area contributed by atoms with E-state index < -0.39 is 11.9 Å². The fourth-order valence-corrected chi connectivity index (χ4v) is 5.54. The van der Waals surface area contributed by atoms with Crippen molar-refractivity contribution >= 4 is 17.3 Å². The summed E-state index contributed by atoms with van der Waals surface area (Å²) >= 11 is 1.59. The van der Waals surface area contributed by atoms with Gasteiger partial charge >= 0.3 is 6.18 Å². The maximum atomic E-state index is 13.4. The van der Waals surface area contributed by atoms with Crippen molar-refractivity contribution < 1.29 is 13.2 Å². The summed E-state index contributed by atoms with van der Waals surface area (Å²) in [5.74, 6) is 0.746. The second-order valence-corrected chi connectivity index (χ2v) is 10.1. The Labute approximate surface area is 203 Å². The number of aromatic amines is 1. The van der Waals surface area contributed by atoms with Crippen molar-refractivity contribution in [3.05, 3.63) is 62.4 Å². The van der Waals surface area contributed by atoms with Crippen LogP contribution < -0.4 is 4.90 Å². The van der Waals surface area contributed by atoms with E-state index in [-0.39, 0.29) is 23.6 Å². The van der Waals surface area contributed by atoms with Gasteiger partial charge < -0.3 is 4.90 Å². The number of rotatable bonds is 5. The van der Waals surface area contributed by atoms with Gasteiger partial charge in [-0.3, -0.25) is 0 Å². The van der Waals surface area contributed by atoms with Gasteiger partial charge in [-0.1, -0.05) is 26.0 Å². The zero-order valence-corrected chi connectivity index (χ0v) is 20.4. The molecule has 1 aliphatic heterocycles. The van der Waals surface area contributed by atoms with Gasteiger partial charge in [0.2, 0.25) is 11.8 Å². The van der Waals surface area contributed by atoms with Gasteiger partial charge in [0, 0.05) is 22.6 Å². The molecule has 8 nitrogen and oxygen atoms in total. The number of H-pyrrole nitrogens is 1. The summed E-state index contributed by atoms with van der Waals surface area (Å²) in [4.78, 5) is 16.0. The Bertz CT molecular complexity index is 1360. The molecule has 1 N–H and O–H groups in total. The molecule has 5 rings (SSSR count). The van der Waals surface area contributed by atoms with Crippen LogP contribution in [0.4, 0.5) is 19.1 Å². The van der Waals surface area contributed by atoms with Crippen molar-refractivity contribution in [1.82, 2.24) is 35.6 Å². The van der Waals surface area contributed by atoms with Crippen LogP contribution in [0.15, 0.2) is 24.3 Å². The van der Waals surface area contributed by atoms with Crippen molar-refractivity contribution in [3.63, 3.8) is 0 Å². The van der Waals surface area contributed by atoms with Crippen LogP contribution >= 0.6 is 11.3 Å². The first-order valence-corrected chi connectivity index (χ1v) is 11.9. The van der Waals surface area contributed by atoms with Gasteiger partial charge in [-0.15, -0.1) is 21.5 Å². The average Bonchev–Trinajstić information content (AvgIpc) is 3.50. The number of aryl methyl sites for hydroxylation is 2. The Hall–Kier alpha value is -3.41. The molecule has 0 aliphatic carbocycles. The zero-order chi connectivity index (χ0) is 24.9. The Morgan fingerprint density at radius 2 is 1.94 bits per heavy atom.